The topological polar surface area (TPSA) is 49.3 Å². The maximum absolute atomic E-state index is 12.4. The van der Waals surface area contributed by atoms with E-state index in [0.29, 0.717) is 18.2 Å². The number of para-hydroxylation sites is 2. The number of hydrogen-bond donors (Lipinski definition) is 0. The number of fused-ring (bicyclic) bond motifs is 1. The molecule has 2 saturated heterocycles. The van der Waals surface area contributed by atoms with Crippen molar-refractivity contribution in [3.05, 3.63) is 30.5 Å². The summed E-state index contributed by atoms with van der Waals surface area (Å²) < 4.78 is 0. The van der Waals surface area contributed by atoms with Gasteiger partial charge in [-0.3, -0.25) is 9.78 Å². The van der Waals surface area contributed by atoms with Crippen LogP contribution in [0.1, 0.15) is 46.0 Å². The Balaban J connectivity index is 1.51. The molecule has 1 amide bonds. The smallest absolute Gasteiger partial charge is 0.222 e. The molecule has 0 N–H and O–H groups in total. The molecule has 1 atom stereocenters. The van der Waals surface area contributed by atoms with E-state index in [1.54, 1.807) is 0 Å². The van der Waals surface area contributed by atoms with Gasteiger partial charge in [0.05, 0.1) is 17.2 Å². The number of benzene rings is 1. The first-order valence-electron chi connectivity index (χ1n) is 10.3. The zero-order valence-corrected chi connectivity index (χ0v) is 16.5. The molecular weight excluding hydrogens is 336 g/mol. The standard InChI is InChI=1S/C22H30N4O/c1-17(2)9-13-26-16-22(11-8-21(26)27)10-5-12-25(15-22)20-14-23-18-6-3-4-7-19(18)24-20/h3-4,6-7,14,17H,5,8-13,15-16H2,1-2H3. The number of amides is 1. The van der Waals surface area contributed by atoms with Gasteiger partial charge >= 0.3 is 0 Å². The number of anilines is 1. The molecule has 0 aliphatic carbocycles. The van der Waals surface area contributed by atoms with Gasteiger partial charge in [0.2, 0.25) is 5.91 Å². The Morgan fingerprint density at radius 2 is 1.96 bits per heavy atom. The van der Waals surface area contributed by atoms with Crippen LogP contribution in [0.4, 0.5) is 5.82 Å². The van der Waals surface area contributed by atoms with Crippen molar-refractivity contribution < 1.29 is 4.79 Å². The molecule has 2 aliphatic rings. The van der Waals surface area contributed by atoms with Gasteiger partial charge in [-0.05, 0) is 43.7 Å². The van der Waals surface area contributed by atoms with Crippen LogP contribution >= 0.6 is 0 Å². The Hall–Kier alpha value is -2.17. The molecule has 27 heavy (non-hydrogen) atoms. The fraction of sp³-hybridized carbons (Fsp3) is 0.591. The van der Waals surface area contributed by atoms with Crippen molar-refractivity contribution in [1.82, 2.24) is 14.9 Å². The lowest BCUT2D eigenvalue weighted by Crippen LogP contribution is -2.54. The molecule has 2 fully saturated rings. The van der Waals surface area contributed by atoms with Crippen LogP contribution < -0.4 is 4.90 Å². The fourth-order valence-electron chi connectivity index (χ4n) is 4.56. The molecule has 2 aromatic rings. The van der Waals surface area contributed by atoms with Crippen LogP contribution in [0.15, 0.2) is 30.5 Å². The molecule has 1 unspecified atom stereocenters. The van der Waals surface area contributed by atoms with E-state index in [2.05, 4.69) is 28.6 Å². The van der Waals surface area contributed by atoms with Crippen molar-refractivity contribution in [3.63, 3.8) is 0 Å². The Morgan fingerprint density at radius 1 is 1.15 bits per heavy atom. The van der Waals surface area contributed by atoms with Crippen LogP contribution in [-0.4, -0.2) is 47.0 Å². The lowest BCUT2D eigenvalue weighted by Gasteiger charge is -2.48. The first-order valence-corrected chi connectivity index (χ1v) is 10.3. The van der Waals surface area contributed by atoms with Crippen molar-refractivity contribution in [1.29, 1.82) is 0 Å². The van der Waals surface area contributed by atoms with Gasteiger partial charge in [-0.25, -0.2) is 4.98 Å². The molecular formula is C22H30N4O. The molecule has 1 aromatic carbocycles. The molecule has 5 heteroatoms. The van der Waals surface area contributed by atoms with E-state index in [1.165, 1.54) is 6.42 Å². The minimum atomic E-state index is 0.205. The summed E-state index contributed by atoms with van der Waals surface area (Å²) in [6.45, 7) is 8.25. The predicted molar refractivity (Wildman–Crippen MR) is 109 cm³/mol. The van der Waals surface area contributed by atoms with Crippen molar-refractivity contribution in [3.8, 4) is 0 Å². The van der Waals surface area contributed by atoms with Gasteiger partial charge in [0.15, 0.2) is 0 Å². The number of carbonyl (C=O) groups is 1. The molecule has 0 bridgehead atoms. The van der Waals surface area contributed by atoms with Crippen molar-refractivity contribution in [2.24, 2.45) is 11.3 Å². The summed E-state index contributed by atoms with van der Waals surface area (Å²) >= 11 is 0. The van der Waals surface area contributed by atoms with E-state index in [4.69, 9.17) is 4.98 Å². The quantitative estimate of drug-likeness (QED) is 0.824. The lowest BCUT2D eigenvalue weighted by molar-refractivity contribution is -0.138. The SMILES string of the molecule is CC(C)CCN1CC2(CCCN(c3cnc4ccccc4n3)C2)CCC1=O. The Morgan fingerprint density at radius 3 is 2.78 bits per heavy atom. The third-order valence-corrected chi connectivity index (χ3v) is 6.15. The van der Waals surface area contributed by atoms with Crippen LogP contribution in [0.25, 0.3) is 11.0 Å². The average molecular weight is 367 g/mol. The second-order valence-electron chi connectivity index (χ2n) is 8.74. The second-order valence-corrected chi connectivity index (χ2v) is 8.74. The highest BCUT2D eigenvalue weighted by molar-refractivity contribution is 5.77. The fourth-order valence-corrected chi connectivity index (χ4v) is 4.56. The summed E-state index contributed by atoms with van der Waals surface area (Å²) in [5.41, 5.74) is 2.10. The monoisotopic (exact) mass is 366 g/mol. The molecule has 2 aliphatic heterocycles. The molecule has 1 aromatic heterocycles. The van der Waals surface area contributed by atoms with E-state index < -0.39 is 0 Å². The van der Waals surface area contributed by atoms with Crippen molar-refractivity contribution in [2.45, 2.75) is 46.0 Å². The highest BCUT2D eigenvalue weighted by atomic mass is 16.2. The highest BCUT2D eigenvalue weighted by Gasteiger charge is 2.41. The maximum atomic E-state index is 12.4. The Kier molecular flexibility index (Phi) is 5.02. The number of rotatable bonds is 4. The Bertz CT molecular complexity index is 821. The van der Waals surface area contributed by atoms with Crippen LogP contribution in [0, 0.1) is 11.3 Å². The third-order valence-electron chi connectivity index (χ3n) is 6.15. The maximum Gasteiger partial charge on any atom is 0.222 e. The molecule has 1 spiro atoms. The predicted octanol–water partition coefficient (Wildman–Crippen LogP) is 3.88. The minimum absolute atomic E-state index is 0.205. The van der Waals surface area contributed by atoms with E-state index >= 15 is 0 Å². The summed E-state index contributed by atoms with van der Waals surface area (Å²) in [6.07, 6.45) is 7.04. The molecule has 0 radical (unpaired) electrons. The summed E-state index contributed by atoms with van der Waals surface area (Å²) in [5, 5.41) is 0. The summed E-state index contributed by atoms with van der Waals surface area (Å²) in [6, 6.07) is 8.04. The summed E-state index contributed by atoms with van der Waals surface area (Å²) in [5.74, 6) is 1.94. The average Bonchev–Trinajstić information content (AvgIpc) is 2.68. The summed E-state index contributed by atoms with van der Waals surface area (Å²) in [4.78, 5) is 26.4. The van der Waals surface area contributed by atoms with Gasteiger partial charge < -0.3 is 9.80 Å². The second kappa shape index (κ2) is 7.45. The molecule has 5 nitrogen and oxygen atoms in total. The number of piperidine rings is 2. The normalized spacial score (nSPS) is 23.6. The minimum Gasteiger partial charge on any atom is -0.355 e. The van der Waals surface area contributed by atoms with Crippen LogP contribution in [0.5, 0.6) is 0 Å². The van der Waals surface area contributed by atoms with Gasteiger partial charge in [0.1, 0.15) is 5.82 Å². The van der Waals surface area contributed by atoms with Crippen LogP contribution in [0.3, 0.4) is 0 Å². The molecule has 4 rings (SSSR count). The van der Waals surface area contributed by atoms with Gasteiger partial charge in [0.25, 0.3) is 0 Å². The first kappa shape index (κ1) is 18.2. The van der Waals surface area contributed by atoms with E-state index in [9.17, 15) is 4.79 Å². The zero-order valence-electron chi connectivity index (χ0n) is 16.5. The Labute approximate surface area is 161 Å². The first-order chi connectivity index (χ1) is 13.0. The van der Waals surface area contributed by atoms with Crippen molar-refractivity contribution in [2.75, 3.05) is 31.1 Å². The summed E-state index contributed by atoms with van der Waals surface area (Å²) in [7, 11) is 0. The van der Waals surface area contributed by atoms with Gasteiger partial charge in [0, 0.05) is 38.0 Å². The van der Waals surface area contributed by atoms with E-state index in [0.717, 1.165) is 62.3 Å². The number of carbonyl (C=O) groups excluding carboxylic acids is 1. The van der Waals surface area contributed by atoms with Crippen LogP contribution in [0.2, 0.25) is 0 Å². The van der Waals surface area contributed by atoms with Gasteiger partial charge in [-0.2, -0.15) is 0 Å². The van der Waals surface area contributed by atoms with Crippen LogP contribution in [-0.2, 0) is 4.79 Å². The van der Waals surface area contributed by atoms with Gasteiger partial charge in [-0.15, -0.1) is 0 Å². The van der Waals surface area contributed by atoms with Crippen molar-refractivity contribution >= 4 is 22.8 Å². The van der Waals surface area contributed by atoms with E-state index in [-0.39, 0.29) is 5.41 Å². The number of hydrogen-bond acceptors (Lipinski definition) is 4. The molecule has 144 valence electrons. The number of aromatic nitrogens is 2. The molecule has 3 heterocycles. The lowest BCUT2D eigenvalue weighted by atomic mass is 9.73. The van der Waals surface area contributed by atoms with E-state index in [1.807, 2.05) is 30.5 Å². The zero-order chi connectivity index (χ0) is 18.9. The third kappa shape index (κ3) is 3.92. The number of likely N-dealkylation sites (tertiary alicyclic amines) is 1. The highest BCUT2D eigenvalue weighted by Crippen LogP contribution is 2.40. The van der Waals surface area contributed by atoms with Gasteiger partial charge in [-0.1, -0.05) is 26.0 Å². The molecule has 0 saturated carbocycles. The number of nitrogens with zero attached hydrogens (tertiary/aromatic N) is 4. The largest absolute Gasteiger partial charge is 0.355 e.